The van der Waals surface area contributed by atoms with Gasteiger partial charge in [0.25, 0.3) is 0 Å². The first-order chi connectivity index (χ1) is 19.0. The number of ether oxygens (including phenoxy) is 1. The summed E-state index contributed by atoms with van der Waals surface area (Å²) < 4.78 is 57.0. The molecule has 7 nitrogen and oxygen atoms in total. The van der Waals surface area contributed by atoms with E-state index in [1.807, 2.05) is 18.2 Å². The minimum atomic E-state index is -3.37. The molecule has 2 aromatic carbocycles. The third-order valence-electron chi connectivity index (χ3n) is 6.82. The number of nitrogens with one attached hydrogen (secondary N) is 2. The molecule has 0 aliphatic carbocycles. The molecule has 0 amide bonds. The van der Waals surface area contributed by atoms with E-state index in [2.05, 4.69) is 27.4 Å². The summed E-state index contributed by atoms with van der Waals surface area (Å²) in [5, 5.41) is 17.2. The minimum absolute atomic E-state index is 0.151. The van der Waals surface area contributed by atoms with Gasteiger partial charge in [0.05, 0.1) is 45.6 Å². The zero-order chi connectivity index (χ0) is 28.9. The van der Waals surface area contributed by atoms with Crippen LogP contribution >= 0.6 is 11.3 Å². The molecule has 11 heteroatoms. The molecule has 2 heterocycles. The lowest BCUT2D eigenvalue weighted by atomic mass is 10.0. The first-order valence-electron chi connectivity index (χ1n) is 13.2. The molecule has 1 fully saturated rings. The van der Waals surface area contributed by atoms with E-state index in [0.29, 0.717) is 28.4 Å². The molecule has 0 radical (unpaired) electrons. The first kappa shape index (κ1) is 30.1. The van der Waals surface area contributed by atoms with E-state index < -0.39 is 16.3 Å². The molecule has 0 saturated carbocycles. The molecule has 4 rings (SSSR count). The fourth-order valence-corrected chi connectivity index (χ4v) is 6.73. The van der Waals surface area contributed by atoms with E-state index in [9.17, 15) is 22.3 Å². The summed E-state index contributed by atoms with van der Waals surface area (Å²) in [5.74, 6) is 6.48. The summed E-state index contributed by atoms with van der Waals surface area (Å²) >= 11 is 1.42. The Bertz CT molecular complexity index is 1490. The molecule has 40 heavy (non-hydrogen) atoms. The van der Waals surface area contributed by atoms with Gasteiger partial charge in [-0.25, -0.2) is 17.2 Å². The third kappa shape index (κ3) is 7.63. The van der Waals surface area contributed by atoms with Gasteiger partial charge in [-0.2, -0.15) is 0 Å². The Kier molecular flexibility index (Phi) is 9.90. The summed E-state index contributed by atoms with van der Waals surface area (Å²) in [4.78, 5) is 3.02. The van der Waals surface area contributed by atoms with E-state index in [1.54, 1.807) is 13.0 Å². The standard InChI is InChI=1S/C29H35F2N3O4S2/c1-19(35)18-34-14-11-20(12-15-34)33-25-7-4-6-22-23(17-28(30)31)27(39-29(22)25)8-5-13-32-24-10-9-21(40(3,36)37)16-26(24)38-2/h4,6-7,9-10,16,19-20,28,32-33,35H,11-15,17-18H2,1-3H3. The van der Waals surface area contributed by atoms with Crippen molar-refractivity contribution in [2.75, 3.05) is 50.2 Å². The molecular formula is C29H35F2N3O4S2. The Morgan fingerprint density at radius 2 is 1.95 bits per heavy atom. The molecule has 3 N–H and O–H groups in total. The lowest BCUT2D eigenvalue weighted by molar-refractivity contribution is 0.111. The number of thiophene rings is 1. The zero-order valence-electron chi connectivity index (χ0n) is 22.8. The van der Waals surface area contributed by atoms with Crippen LogP contribution in [0.4, 0.5) is 20.2 Å². The maximum absolute atomic E-state index is 13.6. The number of β-amino-alcohol motifs (C(OH)–C–C–N with tert-alkyl or cyclic N) is 1. The largest absolute Gasteiger partial charge is 0.495 e. The fraction of sp³-hybridized carbons (Fsp3) is 0.448. The number of methoxy groups -OCH3 is 1. The van der Waals surface area contributed by atoms with Gasteiger partial charge in [-0.05, 0) is 48.9 Å². The topological polar surface area (TPSA) is 90.9 Å². The number of aliphatic hydroxyl groups is 1. The maximum atomic E-state index is 13.6. The average molecular weight is 592 g/mol. The smallest absolute Gasteiger partial charge is 0.242 e. The molecule has 1 aromatic heterocycles. The van der Waals surface area contributed by atoms with Crippen molar-refractivity contribution in [2.24, 2.45) is 0 Å². The number of anilines is 2. The second-order valence-corrected chi connectivity index (χ2v) is 13.1. The van der Waals surface area contributed by atoms with Crippen LogP contribution in [0.3, 0.4) is 0 Å². The molecule has 1 unspecified atom stereocenters. The number of nitrogens with zero attached hydrogens (tertiary/aromatic N) is 1. The number of alkyl halides is 2. The zero-order valence-corrected chi connectivity index (χ0v) is 24.5. The predicted octanol–water partition coefficient (Wildman–Crippen LogP) is 4.84. The van der Waals surface area contributed by atoms with Crippen LogP contribution in [0.25, 0.3) is 10.1 Å². The average Bonchev–Trinajstić information content (AvgIpc) is 3.24. The summed E-state index contributed by atoms with van der Waals surface area (Å²) in [6.45, 7) is 4.47. The molecule has 3 aromatic rings. The van der Waals surface area contributed by atoms with Crippen molar-refractivity contribution in [1.29, 1.82) is 0 Å². The summed E-state index contributed by atoms with van der Waals surface area (Å²) in [6.07, 6.45) is -0.222. The summed E-state index contributed by atoms with van der Waals surface area (Å²) in [6, 6.07) is 10.6. The SMILES string of the molecule is COc1cc(S(C)(=O)=O)ccc1NCC#Cc1sc2c(NC3CCN(CC(C)O)CC3)cccc2c1CC(F)F. The minimum Gasteiger partial charge on any atom is -0.495 e. The van der Waals surface area contributed by atoms with Gasteiger partial charge in [0.1, 0.15) is 5.75 Å². The highest BCUT2D eigenvalue weighted by atomic mass is 32.2. The van der Waals surface area contributed by atoms with E-state index >= 15 is 0 Å². The molecule has 1 atom stereocenters. The van der Waals surface area contributed by atoms with Crippen LogP contribution in [-0.4, -0.2) is 76.5 Å². The Labute approximate surface area is 238 Å². The highest BCUT2D eigenvalue weighted by molar-refractivity contribution is 7.90. The second-order valence-electron chi connectivity index (χ2n) is 10.0. The number of hydrogen-bond acceptors (Lipinski definition) is 8. The Balaban J connectivity index is 1.52. The number of sulfone groups is 1. The van der Waals surface area contributed by atoms with Crippen molar-refractivity contribution in [3.8, 4) is 17.6 Å². The van der Waals surface area contributed by atoms with Gasteiger partial charge in [0.2, 0.25) is 6.43 Å². The molecule has 1 aliphatic heterocycles. The number of benzene rings is 2. The second kappa shape index (κ2) is 13.2. The number of hydrogen-bond donors (Lipinski definition) is 3. The maximum Gasteiger partial charge on any atom is 0.242 e. The monoisotopic (exact) mass is 591 g/mol. The van der Waals surface area contributed by atoms with Crippen molar-refractivity contribution in [3.05, 3.63) is 46.8 Å². The van der Waals surface area contributed by atoms with E-state index in [4.69, 9.17) is 4.74 Å². The number of aliphatic hydroxyl groups excluding tert-OH is 1. The number of halogens is 2. The van der Waals surface area contributed by atoms with Crippen LogP contribution in [0.5, 0.6) is 5.75 Å². The number of likely N-dealkylation sites (tertiary alicyclic amines) is 1. The van der Waals surface area contributed by atoms with Gasteiger partial charge < -0.3 is 25.4 Å². The van der Waals surface area contributed by atoms with Crippen molar-refractivity contribution in [1.82, 2.24) is 4.90 Å². The van der Waals surface area contributed by atoms with E-state index in [1.165, 1.54) is 30.6 Å². The Morgan fingerprint density at radius 3 is 2.60 bits per heavy atom. The van der Waals surface area contributed by atoms with Crippen LogP contribution in [0.1, 0.15) is 30.2 Å². The molecule has 0 bridgehead atoms. The number of fused-ring (bicyclic) bond motifs is 1. The number of piperidine rings is 1. The van der Waals surface area contributed by atoms with Gasteiger partial charge in [0.15, 0.2) is 9.84 Å². The van der Waals surface area contributed by atoms with Crippen LogP contribution < -0.4 is 15.4 Å². The highest BCUT2D eigenvalue weighted by Gasteiger charge is 2.22. The fourth-order valence-electron chi connectivity index (χ4n) is 4.91. The van der Waals surface area contributed by atoms with Crippen molar-refractivity contribution in [2.45, 2.75) is 49.7 Å². The van der Waals surface area contributed by atoms with E-state index in [-0.39, 0.29) is 30.0 Å². The van der Waals surface area contributed by atoms with Crippen molar-refractivity contribution >= 4 is 42.6 Å². The summed E-state index contributed by atoms with van der Waals surface area (Å²) in [7, 11) is -1.92. The lowest BCUT2D eigenvalue weighted by Crippen LogP contribution is -2.41. The lowest BCUT2D eigenvalue weighted by Gasteiger charge is -2.33. The quantitative estimate of drug-likeness (QED) is 0.291. The summed E-state index contributed by atoms with van der Waals surface area (Å²) in [5.41, 5.74) is 2.06. The Morgan fingerprint density at radius 1 is 1.20 bits per heavy atom. The Hall–Kier alpha value is -2.91. The van der Waals surface area contributed by atoms with Gasteiger partial charge in [-0.3, -0.25) is 0 Å². The highest BCUT2D eigenvalue weighted by Crippen LogP contribution is 2.38. The molecule has 216 valence electrons. The third-order valence-corrected chi connectivity index (χ3v) is 9.12. The molecule has 1 saturated heterocycles. The van der Waals surface area contributed by atoms with Gasteiger partial charge >= 0.3 is 0 Å². The van der Waals surface area contributed by atoms with E-state index in [0.717, 1.165) is 48.0 Å². The van der Waals surface area contributed by atoms with Crippen LogP contribution in [0, 0.1) is 11.8 Å². The molecule has 0 spiro atoms. The van der Waals surface area contributed by atoms with Crippen LogP contribution in [-0.2, 0) is 16.3 Å². The number of rotatable bonds is 10. The van der Waals surface area contributed by atoms with Crippen LogP contribution in [0.15, 0.2) is 41.3 Å². The first-order valence-corrected chi connectivity index (χ1v) is 15.9. The van der Waals surface area contributed by atoms with Gasteiger partial charge in [-0.15, -0.1) is 11.3 Å². The van der Waals surface area contributed by atoms with Gasteiger partial charge in [-0.1, -0.05) is 24.0 Å². The van der Waals surface area contributed by atoms with Crippen molar-refractivity contribution in [3.63, 3.8) is 0 Å². The van der Waals surface area contributed by atoms with Gasteiger partial charge in [0, 0.05) is 44.4 Å². The normalized spacial score (nSPS) is 15.6. The van der Waals surface area contributed by atoms with Crippen molar-refractivity contribution < 1.29 is 27.0 Å². The predicted molar refractivity (Wildman–Crippen MR) is 158 cm³/mol. The molecular weight excluding hydrogens is 556 g/mol. The van der Waals surface area contributed by atoms with Crippen LogP contribution in [0.2, 0.25) is 0 Å². The molecule has 1 aliphatic rings.